The quantitative estimate of drug-likeness (QED) is 0.252. The lowest BCUT2D eigenvalue weighted by Crippen LogP contribution is -2.39. The molecule has 2 aromatic carbocycles. The van der Waals surface area contributed by atoms with Gasteiger partial charge in [0, 0.05) is 29.2 Å². The Kier molecular flexibility index (Phi) is 7.15. The number of aromatic nitrogens is 2. The number of benzene rings is 2. The maximum Gasteiger partial charge on any atom is 0.338 e. The summed E-state index contributed by atoms with van der Waals surface area (Å²) in [5.41, 5.74) is 3.48. The molecular formula is C30H29N3O4S. The number of carbonyl (C=O) groups is 1. The molecule has 8 heteroatoms. The fourth-order valence-corrected chi connectivity index (χ4v) is 5.88. The zero-order chi connectivity index (χ0) is 26.8. The summed E-state index contributed by atoms with van der Waals surface area (Å²) in [6, 6.07) is 14.9. The van der Waals surface area contributed by atoms with Gasteiger partial charge in [0.1, 0.15) is 5.75 Å². The maximum absolute atomic E-state index is 13.9. The summed E-state index contributed by atoms with van der Waals surface area (Å²) in [5, 5.41) is 1.05. The van der Waals surface area contributed by atoms with Crippen LogP contribution < -0.4 is 19.6 Å². The van der Waals surface area contributed by atoms with E-state index in [1.165, 1.54) is 11.3 Å². The Morgan fingerprint density at radius 3 is 2.61 bits per heavy atom. The van der Waals surface area contributed by atoms with Gasteiger partial charge in [-0.05, 0) is 50.6 Å². The van der Waals surface area contributed by atoms with Crippen LogP contribution in [0.25, 0.3) is 17.0 Å². The summed E-state index contributed by atoms with van der Waals surface area (Å²) in [6.45, 7) is 10.8. The second-order valence-electron chi connectivity index (χ2n) is 8.85. The van der Waals surface area contributed by atoms with E-state index in [0.717, 1.165) is 27.8 Å². The zero-order valence-electron chi connectivity index (χ0n) is 21.6. The van der Waals surface area contributed by atoms with Crippen molar-refractivity contribution < 1.29 is 14.3 Å². The van der Waals surface area contributed by atoms with E-state index in [1.807, 2.05) is 67.7 Å². The minimum absolute atomic E-state index is 0.206. The second-order valence-corrected chi connectivity index (χ2v) is 9.86. The fourth-order valence-electron chi connectivity index (χ4n) is 4.84. The minimum atomic E-state index is -0.662. The van der Waals surface area contributed by atoms with Crippen LogP contribution in [0, 0.1) is 0 Å². The Hall–Kier alpha value is -4.17. The van der Waals surface area contributed by atoms with Gasteiger partial charge >= 0.3 is 5.97 Å². The first-order valence-electron chi connectivity index (χ1n) is 12.6. The third-order valence-electron chi connectivity index (χ3n) is 6.46. The van der Waals surface area contributed by atoms with Crippen LogP contribution in [0.2, 0.25) is 0 Å². The lowest BCUT2D eigenvalue weighted by Gasteiger charge is -2.24. The molecule has 7 nitrogen and oxygen atoms in total. The third-order valence-corrected chi connectivity index (χ3v) is 7.44. The topological polar surface area (TPSA) is 74.8 Å². The Labute approximate surface area is 224 Å². The molecule has 0 fully saturated rings. The van der Waals surface area contributed by atoms with Gasteiger partial charge in [0.05, 0.1) is 35.1 Å². The van der Waals surface area contributed by atoms with Crippen molar-refractivity contribution in [1.29, 1.82) is 0 Å². The highest BCUT2D eigenvalue weighted by Crippen LogP contribution is 2.31. The van der Waals surface area contributed by atoms with Crippen molar-refractivity contribution in [3.8, 4) is 5.75 Å². The first kappa shape index (κ1) is 25.5. The van der Waals surface area contributed by atoms with Gasteiger partial charge in [-0.1, -0.05) is 47.7 Å². The van der Waals surface area contributed by atoms with Gasteiger partial charge in [0.2, 0.25) is 0 Å². The maximum atomic E-state index is 13.9. The van der Waals surface area contributed by atoms with Crippen LogP contribution in [0.1, 0.15) is 37.9 Å². The standard InChI is InChI=1S/C30H29N3O4S/c1-5-16-32-18-21(23-10-8-9-11-24(23)32)17-25-28(34)33-27(20-12-14-22(15-13-20)36-6-2)26(29(35)37-7-3)19(4)31-30(33)38-25/h5,8-15,17-18,27H,1,6-7,16H2,2-4H3. The molecule has 0 saturated carbocycles. The molecule has 0 radical (unpaired) electrons. The number of nitrogens with zero attached hydrogens (tertiary/aromatic N) is 3. The van der Waals surface area contributed by atoms with Crippen LogP contribution in [0.4, 0.5) is 0 Å². The number of carbonyl (C=O) groups excluding carboxylic acids is 1. The van der Waals surface area contributed by atoms with Gasteiger partial charge in [-0.25, -0.2) is 9.79 Å². The molecule has 0 amide bonds. The molecule has 5 rings (SSSR count). The monoisotopic (exact) mass is 527 g/mol. The molecule has 194 valence electrons. The fraction of sp³-hybridized carbons (Fsp3) is 0.233. The lowest BCUT2D eigenvalue weighted by molar-refractivity contribution is -0.139. The molecule has 1 atom stereocenters. The highest BCUT2D eigenvalue weighted by atomic mass is 32.1. The smallest absolute Gasteiger partial charge is 0.338 e. The number of rotatable bonds is 8. The summed E-state index contributed by atoms with van der Waals surface area (Å²) >= 11 is 1.32. The van der Waals surface area contributed by atoms with E-state index in [4.69, 9.17) is 9.47 Å². The molecule has 1 aliphatic heterocycles. The van der Waals surface area contributed by atoms with E-state index < -0.39 is 12.0 Å². The molecular weight excluding hydrogens is 498 g/mol. The predicted molar refractivity (Wildman–Crippen MR) is 150 cm³/mol. The zero-order valence-corrected chi connectivity index (χ0v) is 22.5. The number of allylic oxidation sites excluding steroid dienone is 2. The molecule has 38 heavy (non-hydrogen) atoms. The third kappa shape index (κ3) is 4.52. The van der Waals surface area contributed by atoms with E-state index in [2.05, 4.69) is 22.2 Å². The largest absolute Gasteiger partial charge is 0.494 e. The highest BCUT2D eigenvalue weighted by molar-refractivity contribution is 7.07. The summed E-state index contributed by atoms with van der Waals surface area (Å²) in [5.74, 6) is 0.243. The van der Waals surface area contributed by atoms with Crippen molar-refractivity contribution in [2.24, 2.45) is 4.99 Å². The Morgan fingerprint density at radius 1 is 1.13 bits per heavy atom. The summed E-state index contributed by atoms with van der Waals surface area (Å²) < 4.78 is 15.2. The van der Waals surface area contributed by atoms with Crippen LogP contribution in [0.3, 0.4) is 0 Å². The van der Waals surface area contributed by atoms with Gasteiger partial charge < -0.3 is 14.0 Å². The number of esters is 1. The van der Waals surface area contributed by atoms with Crippen LogP contribution in [0.15, 0.2) is 88.4 Å². The molecule has 2 aromatic heterocycles. The van der Waals surface area contributed by atoms with Crippen LogP contribution in [-0.2, 0) is 16.1 Å². The number of hydrogen-bond acceptors (Lipinski definition) is 6. The number of fused-ring (bicyclic) bond motifs is 2. The minimum Gasteiger partial charge on any atom is -0.494 e. The second kappa shape index (κ2) is 10.7. The van der Waals surface area contributed by atoms with Gasteiger partial charge in [0.15, 0.2) is 4.80 Å². The number of hydrogen-bond donors (Lipinski definition) is 0. The molecule has 0 bridgehead atoms. The van der Waals surface area contributed by atoms with Crippen molar-refractivity contribution in [1.82, 2.24) is 9.13 Å². The lowest BCUT2D eigenvalue weighted by atomic mass is 9.96. The molecule has 0 aliphatic carbocycles. The Morgan fingerprint density at radius 2 is 1.89 bits per heavy atom. The van der Waals surface area contributed by atoms with E-state index in [9.17, 15) is 9.59 Å². The van der Waals surface area contributed by atoms with Crippen molar-refractivity contribution in [2.75, 3.05) is 13.2 Å². The number of thiazole rings is 1. The van der Waals surface area contributed by atoms with Crippen LogP contribution in [-0.4, -0.2) is 28.3 Å². The predicted octanol–water partition coefficient (Wildman–Crippen LogP) is 4.34. The molecule has 0 N–H and O–H groups in total. The Bertz CT molecular complexity index is 1740. The molecule has 1 unspecified atom stereocenters. The summed E-state index contributed by atoms with van der Waals surface area (Å²) in [6.07, 6.45) is 5.79. The molecule has 0 saturated heterocycles. The van der Waals surface area contributed by atoms with E-state index >= 15 is 0 Å². The number of ether oxygens (including phenoxy) is 2. The first-order chi connectivity index (χ1) is 18.5. The SMILES string of the molecule is C=CCn1cc(C=c2sc3n(c2=O)C(c2ccc(OCC)cc2)C(C(=O)OCC)=C(C)N=3)c2ccccc21. The molecule has 1 aliphatic rings. The van der Waals surface area contributed by atoms with Crippen molar-refractivity contribution in [3.63, 3.8) is 0 Å². The van der Waals surface area contributed by atoms with Crippen molar-refractivity contribution in [3.05, 3.63) is 109 Å². The van der Waals surface area contributed by atoms with E-state index in [1.54, 1.807) is 18.4 Å². The normalized spacial score (nSPS) is 15.3. The van der Waals surface area contributed by atoms with Gasteiger partial charge in [-0.2, -0.15) is 0 Å². The van der Waals surface area contributed by atoms with E-state index in [0.29, 0.717) is 33.8 Å². The average molecular weight is 528 g/mol. The van der Waals surface area contributed by atoms with Crippen molar-refractivity contribution in [2.45, 2.75) is 33.4 Å². The Balaban J connectivity index is 1.71. The molecule has 3 heterocycles. The van der Waals surface area contributed by atoms with Gasteiger partial charge in [-0.15, -0.1) is 6.58 Å². The van der Waals surface area contributed by atoms with Crippen molar-refractivity contribution >= 4 is 34.3 Å². The van der Waals surface area contributed by atoms with Crippen LogP contribution in [0.5, 0.6) is 5.75 Å². The number of para-hydroxylation sites is 1. The average Bonchev–Trinajstić information content (AvgIpc) is 3.41. The van der Waals surface area contributed by atoms with Gasteiger partial charge in [-0.3, -0.25) is 9.36 Å². The molecule has 4 aromatic rings. The van der Waals surface area contributed by atoms with Crippen LogP contribution >= 0.6 is 11.3 Å². The van der Waals surface area contributed by atoms with E-state index in [-0.39, 0.29) is 12.2 Å². The highest BCUT2D eigenvalue weighted by Gasteiger charge is 2.33. The van der Waals surface area contributed by atoms with Gasteiger partial charge in [0.25, 0.3) is 5.56 Å². The molecule has 0 spiro atoms. The summed E-state index contributed by atoms with van der Waals surface area (Å²) in [4.78, 5) is 32.2. The first-order valence-corrected chi connectivity index (χ1v) is 13.4. The summed E-state index contributed by atoms with van der Waals surface area (Å²) in [7, 11) is 0.